The Balaban J connectivity index is 1.75. The number of hydrogen-bond acceptors (Lipinski definition) is 4. The van der Waals surface area contributed by atoms with Gasteiger partial charge in [0.1, 0.15) is 5.75 Å². The van der Waals surface area contributed by atoms with Gasteiger partial charge in [0.2, 0.25) is 11.8 Å². The SMILES string of the molecule is COc1ccc([C@@H]2CN(C(=O)C3CCOCC3)C[C@H]2NC(C)=O)cc1. The molecule has 2 aliphatic heterocycles. The third-order valence-electron chi connectivity index (χ3n) is 5.13. The second-order valence-corrected chi connectivity index (χ2v) is 6.82. The van der Waals surface area contributed by atoms with Gasteiger partial charge in [0.15, 0.2) is 0 Å². The molecule has 3 rings (SSSR count). The lowest BCUT2D eigenvalue weighted by Gasteiger charge is -2.26. The van der Waals surface area contributed by atoms with E-state index in [4.69, 9.17) is 9.47 Å². The van der Waals surface area contributed by atoms with Gasteiger partial charge in [0.25, 0.3) is 0 Å². The number of methoxy groups -OCH3 is 1. The van der Waals surface area contributed by atoms with Crippen molar-refractivity contribution in [2.24, 2.45) is 5.92 Å². The lowest BCUT2D eigenvalue weighted by molar-refractivity contribution is -0.137. The van der Waals surface area contributed by atoms with E-state index in [1.165, 1.54) is 6.92 Å². The molecule has 2 saturated heterocycles. The van der Waals surface area contributed by atoms with Crippen LogP contribution in [0.4, 0.5) is 0 Å². The van der Waals surface area contributed by atoms with Gasteiger partial charge in [-0.1, -0.05) is 12.1 Å². The minimum Gasteiger partial charge on any atom is -0.497 e. The summed E-state index contributed by atoms with van der Waals surface area (Å²) in [5.41, 5.74) is 1.11. The van der Waals surface area contributed by atoms with Crippen molar-refractivity contribution in [2.75, 3.05) is 33.4 Å². The molecule has 136 valence electrons. The maximum Gasteiger partial charge on any atom is 0.225 e. The van der Waals surface area contributed by atoms with Crippen LogP contribution >= 0.6 is 0 Å². The fourth-order valence-corrected chi connectivity index (χ4v) is 3.78. The zero-order chi connectivity index (χ0) is 17.8. The Morgan fingerprint density at radius 2 is 1.84 bits per heavy atom. The van der Waals surface area contributed by atoms with Gasteiger partial charge >= 0.3 is 0 Å². The standard InChI is InChI=1S/C19H26N2O4/c1-13(22)20-18-12-21(19(23)15-7-9-25-10-8-15)11-17(18)14-3-5-16(24-2)6-4-14/h3-6,15,17-18H,7-12H2,1-2H3,(H,20,22)/t17-,18+/m0/s1. The maximum atomic E-state index is 12.8. The number of benzene rings is 1. The Labute approximate surface area is 148 Å². The van der Waals surface area contributed by atoms with E-state index in [0.29, 0.717) is 26.3 Å². The summed E-state index contributed by atoms with van der Waals surface area (Å²) in [6, 6.07) is 7.81. The van der Waals surface area contributed by atoms with Gasteiger partial charge in [-0.05, 0) is 30.5 Å². The fraction of sp³-hybridized carbons (Fsp3) is 0.579. The van der Waals surface area contributed by atoms with E-state index in [2.05, 4.69) is 5.32 Å². The topological polar surface area (TPSA) is 67.9 Å². The van der Waals surface area contributed by atoms with Crippen LogP contribution in [0.3, 0.4) is 0 Å². The highest BCUT2D eigenvalue weighted by Gasteiger charge is 2.38. The molecule has 1 aromatic carbocycles. The molecule has 1 N–H and O–H groups in total. The second kappa shape index (κ2) is 7.87. The molecular weight excluding hydrogens is 320 g/mol. The van der Waals surface area contributed by atoms with Gasteiger partial charge in [0.05, 0.1) is 13.2 Å². The van der Waals surface area contributed by atoms with E-state index in [9.17, 15) is 9.59 Å². The van der Waals surface area contributed by atoms with Gasteiger partial charge in [-0.15, -0.1) is 0 Å². The van der Waals surface area contributed by atoms with E-state index in [1.807, 2.05) is 29.2 Å². The first kappa shape index (κ1) is 17.7. The van der Waals surface area contributed by atoms with Crippen LogP contribution in [0.2, 0.25) is 0 Å². The molecule has 25 heavy (non-hydrogen) atoms. The average Bonchev–Trinajstić information content (AvgIpc) is 3.05. The Morgan fingerprint density at radius 3 is 2.44 bits per heavy atom. The second-order valence-electron chi connectivity index (χ2n) is 6.82. The molecule has 0 radical (unpaired) electrons. The highest BCUT2D eigenvalue weighted by atomic mass is 16.5. The van der Waals surface area contributed by atoms with E-state index >= 15 is 0 Å². The number of carbonyl (C=O) groups is 2. The smallest absolute Gasteiger partial charge is 0.225 e. The predicted molar refractivity (Wildman–Crippen MR) is 93.5 cm³/mol. The summed E-state index contributed by atoms with van der Waals surface area (Å²) in [5.74, 6) is 1.06. The van der Waals surface area contributed by atoms with Gasteiger partial charge in [0, 0.05) is 45.1 Å². The van der Waals surface area contributed by atoms with E-state index in [0.717, 1.165) is 24.2 Å². The quantitative estimate of drug-likeness (QED) is 0.898. The molecule has 2 aliphatic rings. The van der Waals surface area contributed by atoms with E-state index in [-0.39, 0.29) is 29.7 Å². The van der Waals surface area contributed by atoms with Crippen molar-refractivity contribution in [3.05, 3.63) is 29.8 Å². The summed E-state index contributed by atoms with van der Waals surface area (Å²) >= 11 is 0. The van der Waals surface area contributed by atoms with Crippen LogP contribution in [0.1, 0.15) is 31.2 Å². The van der Waals surface area contributed by atoms with Gasteiger partial charge in [-0.25, -0.2) is 0 Å². The van der Waals surface area contributed by atoms with Crippen LogP contribution in [0.15, 0.2) is 24.3 Å². The molecule has 1 aromatic rings. The van der Waals surface area contributed by atoms with Gasteiger partial charge < -0.3 is 19.7 Å². The van der Waals surface area contributed by atoms with Crippen molar-refractivity contribution in [1.29, 1.82) is 0 Å². The Bertz CT molecular complexity index is 610. The van der Waals surface area contributed by atoms with Crippen molar-refractivity contribution in [3.63, 3.8) is 0 Å². The molecule has 0 aliphatic carbocycles. The maximum absolute atomic E-state index is 12.8. The molecule has 2 fully saturated rings. The number of ether oxygens (including phenoxy) is 2. The monoisotopic (exact) mass is 346 g/mol. The molecular formula is C19H26N2O4. The summed E-state index contributed by atoms with van der Waals surface area (Å²) in [6.07, 6.45) is 1.57. The first-order chi connectivity index (χ1) is 12.1. The van der Waals surface area contributed by atoms with Crippen molar-refractivity contribution >= 4 is 11.8 Å². The molecule has 6 nitrogen and oxygen atoms in total. The fourth-order valence-electron chi connectivity index (χ4n) is 3.78. The molecule has 6 heteroatoms. The van der Waals surface area contributed by atoms with Gasteiger partial charge in [-0.2, -0.15) is 0 Å². The number of likely N-dealkylation sites (tertiary alicyclic amines) is 1. The lowest BCUT2D eigenvalue weighted by Crippen LogP contribution is -2.41. The number of nitrogens with one attached hydrogen (secondary N) is 1. The molecule has 0 saturated carbocycles. The number of carbonyl (C=O) groups excluding carboxylic acids is 2. The zero-order valence-electron chi connectivity index (χ0n) is 14.9. The average molecular weight is 346 g/mol. The normalized spacial score (nSPS) is 24.2. The third kappa shape index (κ3) is 4.12. The number of rotatable bonds is 4. The Hall–Kier alpha value is -2.08. The molecule has 2 atom stereocenters. The predicted octanol–water partition coefficient (Wildman–Crippen LogP) is 1.55. The molecule has 0 spiro atoms. The largest absolute Gasteiger partial charge is 0.497 e. The van der Waals surface area contributed by atoms with Crippen molar-refractivity contribution < 1.29 is 19.1 Å². The Morgan fingerprint density at radius 1 is 1.16 bits per heavy atom. The number of hydrogen-bond donors (Lipinski definition) is 1. The first-order valence-corrected chi connectivity index (χ1v) is 8.86. The van der Waals surface area contributed by atoms with Gasteiger partial charge in [-0.3, -0.25) is 9.59 Å². The van der Waals surface area contributed by atoms with Crippen molar-refractivity contribution in [2.45, 2.75) is 31.7 Å². The summed E-state index contributed by atoms with van der Waals surface area (Å²) < 4.78 is 10.6. The summed E-state index contributed by atoms with van der Waals surface area (Å²) in [7, 11) is 1.64. The Kier molecular flexibility index (Phi) is 5.58. The van der Waals surface area contributed by atoms with E-state index < -0.39 is 0 Å². The molecule has 0 aromatic heterocycles. The highest BCUT2D eigenvalue weighted by molar-refractivity contribution is 5.80. The number of amides is 2. The third-order valence-corrected chi connectivity index (χ3v) is 5.13. The minimum atomic E-state index is -0.0659. The molecule has 2 heterocycles. The lowest BCUT2D eigenvalue weighted by atomic mass is 9.94. The summed E-state index contributed by atoms with van der Waals surface area (Å²) in [4.78, 5) is 26.4. The molecule has 0 bridgehead atoms. The van der Waals surface area contributed by atoms with Crippen molar-refractivity contribution in [3.8, 4) is 5.75 Å². The summed E-state index contributed by atoms with van der Waals surface area (Å²) in [6.45, 7) is 4.02. The first-order valence-electron chi connectivity index (χ1n) is 8.86. The van der Waals surface area contributed by atoms with Crippen LogP contribution in [0.25, 0.3) is 0 Å². The van der Waals surface area contributed by atoms with Crippen molar-refractivity contribution in [1.82, 2.24) is 10.2 Å². The van der Waals surface area contributed by atoms with Crippen LogP contribution in [-0.4, -0.2) is 56.2 Å². The minimum absolute atomic E-state index is 0.0429. The molecule has 2 amide bonds. The van der Waals surface area contributed by atoms with Crippen LogP contribution in [0, 0.1) is 5.92 Å². The zero-order valence-corrected chi connectivity index (χ0v) is 14.9. The van der Waals surface area contributed by atoms with Crippen LogP contribution in [-0.2, 0) is 14.3 Å². The molecule has 0 unspecified atom stereocenters. The van der Waals surface area contributed by atoms with Crippen LogP contribution < -0.4 is 10.1 Å². The highest BCUT2D eigenvalue weighted by Crippen LogP contribution is 2.31. The number of nitrogens with zero attached hydrogens (tertiary/aromatic N) is 1. The summed E-state index contributed by atoms with van der Waals surface area (Å²) in [5, 5.41) is 3.02. The van der Waals surface area contributed by atoms with E-state index in [1.54, 1.807) is 7.11 Å². The van der Waals surface area contributed by atoms with Crippen LogP contribution in [0.5, 0.6) is 5.75 Å².